The molecule has 0 aliphatic heterocycles. The first kappa shape index (κ1) is 28.0. The monoisotopic (exact) mass is 571 g/mol. The van der Waals surface area contributed by atoms with Crippen molar-refractivity contribution in [3.8, 4) is 11.5 Å². The summed E-state index contributed by atoms with van der Waals surface area (Å²) in [5.74, 6) is 1.52. The van der Waals surface area contributed by atoms with Crippen LogP contribution in [0.15, 0.2) is 109 Å². The van der Waals surface area contributed by atoms with Gasteiger partial charge in [-0.3, -0.25) is 9.36 Å². The second-order valence-electron chi connectivity index (χ2n) is 10.9. The highest BCUT2D eigenvalue weighted by Gasteiger charge is 2.30. The minimum Gasteiger partial charge on any atom is -0.487 e. The molecule has 0 saturated heterocycles. The Hall–Kier alpha value is -5.17. The number of hydrogen-bond acceptors (Lipinski definition) is 5. The summed E-state index contributed by atoms with van der Waals surface area (Å²) in [6, 6.07) is 35.9. The van der Waals surface area contributed by atoms with Gasteiger partial charge in [0.1, 0.15) is 23.9 Å². The lowest BCUT2D eigenvalue weighted by Crippen LogP contribution is -2.25. The molecule has 0 spiro atoms. The van der Waals surface area contributed by atoms with Crippen molar-refractivity contribution in [2.24, 2.45) is 0 Å². The van der Waals surface area contributed by atoms with Gasteiger partial charge in [-0.1, -0.05) is 67.6 Å². The van der Waals surface area contributed by atoms with Crippen LogP contribution < -0.4 is 9.47 Å². The molecule has 1 unspecified atom stereocenters. The van der Waals surface area contributed by atoms with Crippen LogP contribution in [0.2, 0.25) is 0 Å². The molecule has 0 fully saturated rings. The Kier molecular flexibility index (Phi) is 7.79. The fourth-order valence-electron chi connectivity index (χ4n) is 5.49. The van der Waals surface area contributed by atoms with Crippen LogP contribution >= 0.6 is 0 Å². The van der Waals surface area contributed by atoms with Crippen molar-refractivity contribution in [2.45, 2.75) is 45.4 Å². The van der Waals surface area contributed by atoms with Crippen molar-refractivity contribution in [3.05, 3.63) is 132 Å². The highest BCUT2D eigenvalue weighted by atomic mass is 16.5. The molecule has 0 bridgehead atoms. The van der Waals surface area contributed by atoms with Gasteiger partial charge in [0.2, 0.25) is 0 Å². The molecule has 0 radical (unpaired) electrons. The van der Waals surface area contributed by atoms with Crippen molar-refractivity contribution >= 4 is 27.9 Å². The van der Waals surface area contributed by atoms with E-state index in [0.29, 0.717) is 19.8 Å². The second-order valence-corrected chi connectivity index (χ2v) is 10.9. The molecule has 7 heteroatoms. The number of hydrogen-bond donors (Lipinski definition) is 1. The average Bonchev–Trinajstić information content (AvgIpc) is 3.36. The number of carbonyl (C=O) groups is 1. The lowest BCUT2D eigenvalue weighted by molar-refractivity contribution is -0.137. The average molecular weight is 572 g/mol. The SMILES string of the molecule is Cc1nc2ccccc2n1COc1ccc(C(C)(CCC(=O)O)c2ccc(OCc3ccc4ccccc4n3)cc2)cc1. The molecule has 2 aromatic heterocycles. The third-order valence-electron chi connectivity index (χ3n) is 8.07. The van der Waals surface area contributed by atoms with Crippen LogP contribution in [0.3, 0.4) is 0 Å². The predicted molar refractivity (Wildman–Crippen MR) is 167 cm³/mol. The maximum Gasteiger partial charge on any atom is 0.303 e. The molecule has 2 heterocycles. The number of carboxylic acids is 1. The number of ether oxygens (including phenoxy) is 2. The van der Waals surface area contributed by atoms with Crippen molar-refractivity contribution in [1.29, 1.82) is 0 Å². The van der Waals surface area contributed by atoms with E-state index in [-0.39, 0.29) is 6.42 Å². The number of nitrogens with zero attached hydrogens (tertiary/aromatic N) is 3. The summed E-state index contributed by atoms with van der Waals surface area (Å²) < 4.78 is 14.2. The zero-order valence-corrected chi connectivity index (χ0v) is 24.2. The largest absolute Gasteiger partial charge is 0.487 e. The molecular weight excluding hydrogens is 538 g/mol. The molecule has 4 aromatic carbocycles. The van der Waals surface area contributed by atoms with Crippen LogP contribution in [-0.4, -0.2) is 25.6 Å². The van der Waals surface area contributed by atoms with Crippen molar-refractivity contribution in [1.82, 2.24) is 14.5 Å². The maximum absolute atomic E-state index is 11.6. The lowest BCUT2D eigenvalue weighted by Gasteiger charge is -2.31. The van der Waals surface area contributed by atoms with Crippen molar-refractivity contribution < 1.29 is 19.4 Å². The first-order valence-electron chi connectivity index (χ1n) is 14.3. The van der Waals surface area contributed by atoms with E-state index in [1.54, 1.807) is 0 Å². The number of aromatic nitrogens is 3. The van der Waals surface area contributed by atoms with Crippen LogP contribution in [0.5, 0.6) is 11.5 Å². The summed E-state index contributed by atoms with van der Waals surface area (Å²) >= 11 is 0. The Morgan fingerprint density at radius 3 is 2.09 bits per heavy atom. The van der Waals surface area contributed by atoms with Crippen molar-refractivity contribution in [2.75, 3.05) is 0 Å². The first-order chi connectivity index (χ1) is 20.9. The standard InChI is InChI=1S/C36H33N3O4/c1-25-37-33-9-5-6-10-34(33)39(25)24-43-31-19-14-28(15-20-31)36(2,22-21-35(40)41)27-12-17-30(18-13-27)42-23-29-16-11-26-7-3-4-8-32(26)38-29/h3-20H,21-24H2,1-2H3,(H,40,41). The summed E-state index contributed by atoms with van der Waals surface area (Å²) in [5, 5.41) is 10.6. The number of benzene rings is 4. The molecule has 1 atom stereocenters. The van der Waals surface area contributed by atoms with E-state index in [2.05, 4.69) is 23.0 Å². The summed E-state index contributed by atoms with van der Waals surface area (Å²) in [6.45, 7) is 4.76. The zero-order chi connectivity index (χ0) is 29.8. The molecule has 7 nitrogen and oxygen atoms in total. The van der Waals surface area contributed by atoms with Crippen LogP contribution in [0.4, 0.5) is 0 Å². The summed E-state index contributed by atoms with van der Waals surface area (Å²) in [5.41, 5.74) is 5.27. The van der Waals surface area contributed by atoms with E-state index in [9.17, 15) is 9.90 Å². The Morgan fingerprint density at radius 1 is 0.767 bits per heavy atom. The van der Waals surface area contributed by atoms with Crippen LogP contribution in [0.1, 0.15) is 42.4 Å². The second kappa shape index (κ2) is 12.0. The Labute approximate surface area is 250 Å². The topological polar surface area (TPSA) is 86.5 Å². The molecule has 216 valence electrons. The fourth-order valence-corrected chi connectivity index (χ4v) is 5.49. The molecule has 6 rings (SSSR count). The van der Waals surface area contributed by atoms with E-state index >= 15 is 0 Å². The summed E-state index contributed by atoms with van der Waals surface area (Å²) in [4.78, 5) is 20.9. The molecule has 6 aromatic rings. The number of fused-ring (bicyclic) bond motifs is 2. The van der Waals surface area contributed by atoms with Gasteiger partial charge in [0, 0.05) is 17.2 Å². The van der Waals surface area contributed by atoms with Gasteiger partial charge < -0.3 is 14.6 Å². The maximum atomic E-state index is 11.6. The molecule has 0 aliphatic rings. The highest BCUT2D eigenvalue weighted by Crippen LogP contribution is 2.38. The Morgan fingerprint density at radius 2 is 1.40 bits per heavy atom. The first-order valence-corrected chi connectivity index (χ1v) is 14.3. The van der Waals surface area contributed by atoms with E-state index in [1.165, 1.54) is 0 Å². The van der Waals surface area contributed by atoms with Gasteiger partial charge in [0.05, 0.1) is 22.2 Å². The highest BCUT2D eigenvalue weighted by molar-refractivity contribution is 5.78. The number of aryl methyl sites for hydroxylation is 1. The van der Waals surface area contributed by atoms with Crippen LogP contribution in [-0.2, 0) is 23.5 Å². The molecule has 1 N–H and O–H groups in total. The van der Waals surface area contributed by atoms with Crippen LogP contribution in [0.25, 0.3) is 21.9 Å². The van der Waals surface area contributed by atoms with Gasteiger partial charge >= 0.3 is 5.97 Å². The van der Waals surface area contributed by atoms with E-state index in [1.807, 2.05) is 115 Å². The number of carboxylic acid groups (broad SMARTS) is 1. The molecule has 0 amide bonds. The third kappa shape index (κ3) is 6.06. The number of imidazole rings is 1. The third-order valence-corrected chi connectivity index (χ3v) is 8.07. The van der Waals surface area contributed by atoms with Crippen molar-refractivity contribution in [3.63, 3.8) is 0 Å². The number of para-hydroxylation sites is 3. The quantitative estimate of drug-likeness (QED) is 0.172. The van der Waals surface area contributed by atoms with Gasteiger partial charge in [0.15, 0.2) is 6.73 Å². The van der Waals surface area contributed by atoms with Gasteiger partial charge in [-0.05, 0) is 73.0 Å². The van der Waals surface area contributed by atoms with Gasteiger partial charge in [-0.2, -0.15) is 0 Å². The minimum absolute atomic E-state index is 0.0492. The van der Waals surface area contributed by atoms with Gasteiger partial charge in [-0.25, -0.2) is 9.97 Å². The molecule has 0 aliphatic carbocycles. The number of aliphatic carboxylic acids is 1. The van der Waals surface area contributed by atoms with Gasteiger partial charge in [-0.15, -0.1) is 0 Å². The summed E-state index contributed by atoms with van der Waals surface area (Å²) in [6.07, 6.45) is 0.498. The van der Waals surface area contributed by atoms with Crippen LogP contribution in [0, 0.1) is 6.92 Å². The zero-order valence-electron chi connectivity index (χ0n) is 24.2. The predicted octanol–water partition coefficient (Wildman–Crippen LogP) is 7.68. The van der Waals surface area contributed by atoms with E-state index in [4.69, 9.17) is 9.47 Å². The number of pyridine rings is 1. The van der Waals surface area contributed by atoms with E-state index in [0.717, 1.165) is 56.1 Å². The summed E-state index contributed by atoms with van der Waals surface area (Å²) in [7, 11) is 0. The normalized spacial score (nSPS) is 12.7. The smallest absolute Gasteiger partial charge is 0.303 e. The molecule has 0 saturated carbocycles. The van der Waals surface area contributed by atoms with Gasteiger partial charge in [0.25, 0.3) is 0 Å². The Bertz CT molecular complexity index is 1880. The lowest BCUT2D eigenvalue weighted by atomic mass is 9.73. The van der Waals surface area contributed by atoms with E-state index < -0.39 is 11.4 Å². The minimum atomic E-state index is -0.822. The molecule has 43 heavy (non-hydrogen) atoms. The molecular formula is C36H33N3O4. The number of rotatable bonds is 11. The fraction of sp³-hybridized carbons (Fsp3) is 0.194. The Balaban J connectivity index is 1.17.